The molecule has 0 saturated carbocycles. The van der Waals surface area contributed by atoms with E-state index in [9.17, 15) is 9.59 Å². The summed E-state index contributed by atoms with van der Waals surface area (Å²) in [5.74, 6) is 0.630. The number of hydrogen-bond donors (Lipinski definition) is 2. The molecule has 33 heavy (non-hydrogen) atoms. The molecule has 0 bridgehead atoms. The molecule has 0 fully saturated rings. The van der Waals surface area contributed by atoms with Gasteiger partial charge in [0.05, 0.1) is 32.9 Å². The van der Waals surface area contributed by atoms with Crippen molar-refractivity contribution in [2.75, 3.05) is 26.6 Å². The quantitative estimate of drug-likeness (QED) is 0.574. The van der Waals surface area contributed by atoms with Crippen LogP contribution in [0.15, 0.2) is 24.3 Å². The Bertz CT molecular complexity index is 1210. The summed E-state index contributed by atoms with van der Waals surface area (Å²) in [5.41, 5.74) is 1.98. The molecular weight excluding hydrogens is 444 g/mol. The molecular formula is C23H26N4O5S. The number of anilines is 1. The summed E-state index contributed by atoms with van der Waals surface area (Å²) in [6, 6.07) is 6.30. The summed E-state index contributed by atoms with van der Waals surface area (Å²) in [5, 5.41) is 10.3. The largest absolute Gasteiger partial charge is 0.493 e. The van der Waals surface area contributed by atoms with Gasteiger partial charge in [0, 0.05) is 27.9 Å². The molecule has 3 aromatic rings. The molecule has 174 valence electrons. The summed E-state index contributed by atoms with van der Waals surface area (Å²) in [4.78, 5) is 28.6. The third-order valence-corrected chi connectivity index (χ3v) is 6.80. The van der Waals surface area contributed by atoms with Gasteiger partial charge in [0.2, 0.25) is 11.7 Å². The van der Waals surface area contributed by atoms with Gasteiger partial charge < -0.3 is 24.8 Å². The van der Waals surface area contributed by atoms with Crippen LogP contribution in [0.25, 0.3) is 0 Å². The Morgan fingerprint density at radius 2 is 1.79 bits per heavy atom. The smallest absolute Gasteiger partial charge is 0.252 e. The average molecular weight is 471 g/mol. The molecule has 0 aliphatic carbocycles. The molecule has 2 atom stereocenters. The number of nitrogens with one attached hydrogen (secondary N) is 2. The van der Waals surface area contributed by atoms with Crippen LogP contribution in [0.1, 0.15) is 37.3 Å². The number of aromatic nitrogens is 2. The van der Waals surface area contributed by atoms with Crippen molar-refractivity contribution in [3.05, 3.63) is 50.8 Å². The Hall–Kier alpha value is -3.53. The van der Waals surface area contributed by atoms with Gasteiger partial charge >= 0.3 is 0 Å². The first-order chi connectivity index (χ1) is 15.8. The first-order valence-corrected chi connectivity index (χ1v) is 11.1. The summed E-state index contributed by atoms with van der Waals surface area (Å²) in [7, 11) is 6.25. The van der Waals surface area contributed by atoms with Crippen LogP contribution in [0.3, 0.4) is 0 Å². The lowest BCUT2D eigenvalue weighted by Gasteiger charge is -2.31. The van der Waals surface area contributed by atoms with E-state index in [1.807, 2.05) is 26.0 Å². The molecule has 4 rings (SSSR count). The molecule has 1 aliphatic heterocycles. The van der Waals surface area contributed by atoms with Gasteiger partial charge in [-0.1, -0.05) is 0 Å². The van der Waals surface area contributed by atoms with Crippen LogP contribution >= 0.6 is 11.3 Å². The summed E-state index contributed by atoms with van der Waals surface area (Å²) in [6.07, 6.45) is 0. The Morgan fingerprint density at radius 1 is 1.12 bits per heavy atom. The van der Waals surface area contributed by atoms with Gasteiger partial charge in [0.25, 0.3) is 5.91 Å². The second-order valence-corrected chi connectivity index (χ2v) is 9.07. The number of nitrogens with zero attached hydrogens (tertiary/aromatic N) is 2. The molecule has 0 spiro atoms. The predicted molar refractivity (Wildman–Crippen MR) is 125 cm³/mol. The van der Waals surface area contributed by atoms with Crippen molar-refractivity contribution in [3.8, 4) is 17.2 Å². The molecule has 3 heterocycles. The molecule has 2 N–H and O–H groups in total. The number of amides is 2. The highest BCUT2D eigenvalue weighted by Gasteiger charge is 2.42. The topological polar surface area (TPSA) is 104 Å². The van der Waals surface area contributed by atoms with E-state index in [-0.39, 0.29) is 17.4 Å². The fourth-order valence-corrected chi connectivity index (χ4v) is 5.25. The Kier molecular flexibility index (Phi) is 6.03. The minimum atomic E-state index is -0.829. The number of ether oxygens (including phenoxy) is 3. The minimum absolute atomic E-state index is 0.284. The number of rotatable bonds is 6. The lowest BCUT2D eigenvalue weighted by molar-refractivity contribution is -0.118. The Morgan fingerprint density at radius 3 is 2.33 bits per heavy atom. The van der Waals surface area contributed by atoms with E-state index < -0.39 is 11.9 Å². The molecule has 2 amide bonds. The van der Waals surface area contributed by atoms with Crippen molar-refractivity contribution in [2.45, 2.75) is 25.8 Å². The molecule has 10 heteroatoms. The lowest BCUT2D eigenvalue weighted by Crippen LogP contribution is -2.50. The molecule has 0 radical (unpaired) electrons. The second-order valence-electron chi connectivity index (χ2n) is 7.75. The van der Waals surface area contributed by atoms with Crippen molar-refractivity contribution in [1.29, 1.82) is 0 Å². The SMILES string of the molecule is COc1cc(C(=O)N[C@H]2C(=O)Nc3c(c(C)nn3C)[C@H]2c2ccc(C)s2)cc(OC)c1OC. The zero-order valence-corrected chi connectivity index (χ0v) is 20.1. The Labute approximate surface area is 195 Å². The molecule has 9 nitrogen and oxygen atoms in total. The van der Waals surface area contributed by atoms with E-state index in [0.717, 1.165) is 21.0 Å². The van der Waals surface area contributed by atoms with Gasteiger partial charge in [-0.3, -0.25) is 14.3 Å². The number of hydrogen-bond acceptors (Lipinski definition) is 7. The van der Waals surface area contributed by atoms with Crippen LogP contribution in [0, 0.1) is 13.8 Å². The lowest BCUT2D eigenvalue weighted by atomic mass is 9.86. The van der Waals surface area contributed by atoms with Crippen molar-refractivity contribution < 1.29 is 23.8 Å². The van der Waals surface area contributed by atoms with E-state index >= 15 is 0 Å². The number of carbonyl (C=O) groups excluding carboxylic acids is 2. The monoisotopic (exact) mass is 470 g/mol. The summed E-state index contributed by atoms with van der Waals surface area (Å²) in [6.45, 7) is 3.92. The molecule has 0 unspecified atom stereocenters. The van der Waals surface area contributed by atoms with E-state index in [1.54, 1.807) is 35.2 Å². The summed E-state index contributed by atoms with van der Waals surface area (Å²) < 4.78 is 17.7. The maximum atomic E-state index is 13.3. The van der Waals surface area contributed by atoms with Crippen molar-refractivity contribution in [2.24, 2.45) is 7.05 Å². The van der Waals surface area contributed by atoms with Crippen LogP contribution in [-0.4, -0.2) is 49.0 Å². The van der Waals surface area contributed by atoms with Crippen LogP contribution in [0.2, 0.25) is 0 Å². The maximum Gasteiger partial charge on any atom is 0.252 e. The molecule has 2 aromatic heterocycles. The van der Waals surface area contributed by atoms with E-state index in [1.165, 1.54) is 21.3 Å². The van der Waals surface area contributed by atoms with Gasteiger partial charge in [0.1, 0.15) is 11.9 Å². The normalized spacial score (nSPS) is 17.2. The maximum absolute atomic E-state index is 13.3. The highest BCUT2D eigenvalue weighted by molar-refractivity contribution is 7.12. The Balaban J connectivity index is 1.75. The average Bonchev–Trinajstić information content (AvgIpc) is 3.35. The number of methoxy groups -OCH3 is 3. The van der Waals surface area contributed by atoms with Crippen LogP contribution in [0.4, 0.5) is 5.82 Å². The van der Waals surface area contributed by atoms with Crippen LogP contribution in [-0.2, 0) is 11.8 Å². The standard InChI is InChI=1S/C23H26N4O5S/c1-11-7-8-16(33-11)18-17-12(2)26-27(3)21(17)25-23(29)19(18)24-22(28)13-9-14(30-4)20(32-6)15(10-13)31-5/h7-10,18-19H,1-6H3,(H,24,28)(H,25,29)/t18-,19-/m1/s1. The fourth-order valence-electron chi connectivity index (χ4n) is 4.22. The zero-order valence-electron chi connectivity index (χ0n) is 19.3. The first-order valence-electron chi connectivity index (χ1n) is 10.3. The van der Waals surface area contributed by atoms with Gasteiger partial charge in [-0.05, 0) is 38.1 Å². The van der Waals surface area contributed by atoms with Gasteiger partial charge in [-0.15, -0.1) is 11.3 Å². The van der Waals surface area contributed by atoms with Gasteiger partial charge in [-0.2, -0.15) is 5.10 Å². The summed E-state index contributed by atoms with van der Waals surface area (Å²) >= 11 is 1.60. The highest BCUT2D eigenvalue weighted by atomic mass is 32.1. The number of thiophene rings is 1. The van der Waals surface area contributed by atoms with Crippen molar-refractivity contribution >= 4 is 29.0 Å². The van der Waals surface area contributed by atoms with Crippen LogP contribution < -0.4 is 24.8 Å². The minimum Gasteiger partial charge on any atom is -0.493 e. The number of benzene rings is 1. The highest BCUT2D eigenvalue weighted by Crippen LogP contribution is 2.42. The van der Waals surface area contributed by atoms with E-state index in [4.69, 9.17) is 14.2 Å². The van der Waals surface area contributed by atoms with E-state index in [2.05, 4.69) is 15.7 Å². The molecule has 1 aromatic carbocycles. The van der Waals surface area contributed by atoms with Gasteiger partial charge in [-0.25, -0.2) is 0 Å². The fraction of sp³-hybridized carbons (Fsp3) is 0.348. The zero-order chi connectivity index (χ0) is 23.9. The molecule has 0 saturated heterocycles. The third kappa shape index (κ3) is 3.91. The van der Waals surface area contributed by atoms with Crippen molar-refractivity contribution in [1.82, 2.24) is 15.1 Å². The van der Waals surface area contributed by atoms with Gasteiger partial charge in [0.15, 0.2) is 11.5 Å². The number of fused-ring (bicyclic) bond motifs is 1. The number of carbonyl (C=O) groups is 2. The van der Waals surface area contributed by atoms with E-state index in [0.29, 0.717) is 23.1 Å². The first kappa shape index (κ1) is 22.7. The van der Waals surface area contributed by atoms with Crippen molar-refractivity contribution in [3.63, 3.8) is 0 Å². The third-order valence-electron chi connectivity index (χ3n) is 5.72. The second kappa shape index (κ2) is 8.78. The van der Waals surface area contributed by atoms with Crippen LogP contribution in [0.5, 0.6) is 17.2 Å². The number of aryl methyl sites for hydroxylation is 3. The molecule has 1 aliphatic rings. The predicted octanol–water partition coefficient (Wildman–Crippen LogP) is 3.01.